The molecule has 188 valence electrons. The number of ether oxygens (including phenoxy) is 2. The van der Waals surface area contributed by atoms with Gasteiger partial charge in [-0.25, -0.2) is 4.98 Å². The number of piperazine rings is 1. The second kappa shape index (κ2) is 9.53. The number of carbonyl (C=O) groups excluding carboxylic acids is 1. The minimum absolute atomic E-state index is 0.0356. The molecule has 0 atom stereocenters. The molecule has 0 saturated carbocycles. The summed E-state index contributed by atoms with van der Waals surface area (Å²) in [6.45, 7) is 2.33. The van der Waals surface area contributed by atoms with Crippen LogP contribution in [0, 0.1) is 0 Å². The summed E-state index contributed by atoms with van der Waals surface area (Å²) in [7, 11) is 3.22. The van der Waals surface area contributed by atoms with Crippen LogP contribution in [0.25, 0.3) is 27.0 Å². The Morgan fingerprint density at radius 2 is 1.78 bits per heavy atom. The molecule has 1 aliphatic heterocycles. The Balaban J connectivity index is 1.31. The summed E-state index contributed by atoms with van der Waals surface area (Å²) < 4.78 is 13.7. The molecule has 0 unspecified atom stereocenters. The monoisotopic (exact) mass is 534 g/mol. The fraction of sp³-hybridized carbons (Fsp3) is 0.231. The fourth-order valence-corrected chi connectivity index (χ4v) is 6.18. The van der Waals surface area contributed by atoms with Gasteiger partial charge in [-0.05, 0) is 23.8 Å². The molecule has 5 aromatic rings. The van der Waals surface area contributed by atoms with Crippen molar-refractivity contribution in [2.75, 3.05) is 45.3 Å². The number of anilines is 1. The van der Waals surface area contributed by atoms with E-state index in [9.17, 15) is 4.79 Å². The standard InChI is InChI=1S/C26H23ClN6O3S/c1-35-19-8-7-16(13-20(19)36-2)18-14-28-26-29-15-30-33(26)24(18)31-9-11-32(12-10-31)25(34)23-22(27)17-5-3-4-6-21(17)37-23/h3-8,13-15H,9-12H2,1-2H3. The molecular weight excluding hydrogens is 512 g/mol. The van der Waals surface area contributed by atoms with Crippen LogP contribution in [0.5, 0.6) is 11.5 Å². The number of methoxy groups -OCH3 is 2. The Hall–Kier alpha value is -3.89. The molecule has 37 heavy (non-hydrogen) atoms. The number of hydrogen-bond donors (Lipinski definition) is 0. The number of carbonyl (C=O) groups is 1. The van der Waals surface area contributed by atoms with Crippen molar-refractivity contribution in [2.24, 2.45) is 0 Å². The predicted octanol–water partition coefficient (Wildman–Crippen LogP) is 4.64. The van der Waals surface area contributed by atoms with Gasteiger partial charge in [-0.3, -0.25) is 4.79 Å². The van der Waals surface area contributed by atoms with E-state index in [0.29, 0.717) is 53.4 Å². The molecule has 0 radical (unpaired) electrons. The van der Waals surface area contributed by atoms with E-state index in [1.165, 1.54) is 17.7 Å². The van der Waals surface area contributed by atoms with Crippen LogP contribution in [0.4, 0.5) is 5.82 Å². The molecule has 9 nitrogen and oxygen atoms in total. The van der Waals surface area contributed by atoms with Crippen molar-refractivity contribution in [3.8, 4) is 22.6 Å². The molecule has 1 amide bonds. The van der Waals surface area contributed by atoms with E-state index >= 15 is 0 Å². The number of amides is 1. The lowest BCUT2D eigenvalue weighted by atomic mass is 10.1. The third kappa shape index (κ3) is 4.02. The summed E-state index contributed by atoms with van der Waals surface area (Å²) in [5.74, 6) is 2.61. The summed E-state index contributed by atoms with van der Waals surface area (Å²) in [4.78, 5) is 26.8. The van der Waals surface area contributed by atoms with Crippen molar-refractivity contribution in [3.05, 3.63) is 64.9 Å². The van der Waals surface area contributed by atoms with E-state index in [1.54, 1.807) is 24.9 Å². The number of nitrogens with zero attached hydrogens (tertiary/aromatic N) is 6. The van der Waals surface area contributed by atoms with Crippen molar-refractivity contribution in [2.45, 2.75) is 0 Å². The van der Waals surface area contributed by atoms with E-state index in [0.717, 1.165) is 27.0 Å². The average molecular weight is 535 g/mol. The van der Waals surface area contributed by atoms with Gasteiger partial charge in [0.2, 0.25) is 0 Å². The Kier molecular flexibility index (Phi) is 6.05. The molecule has 1 aliphatic rings. The van der Waals surface area contributed by atoms with Gasteiger partial charge < -0.3 is 19.3 Å². The molecule has 0 spiro atoms. The maximum Gasteiger partial charge on any atom is 0.265 e. The van der Waals surface area contributed by atoms with Gasteiger partial charge in [-0.15, -0.1) is 11.3 Å². The first-order valence-electron chi connectivity index (χ1n) is 11.7. The smallest absolute Gasteiger partial charge is 0.265 e. The lowest BCUT2D eigenvalue weighted by Gasteiger charge is -2.36. The Labute approximate surface area is 221 Å². The summed E-state index contributed by atoms with van der Waals surface area (Å²) in [5.41, 5.74) is 1.79. The minimum Gasteiger partial charge on any atom is -0.493 e. The molecule has 0 bridgehead atoms. The Morgan fingerprint density at radius 3 is 2.54 bits per heavy atom. The van der Waals surface area contributed by atoms with Crippen molar-refractivity contribution in [1.29, 1.82) is 0 Å². The third-order valence-corrected chi connectivity index (χ3v) is 8.23. The zero-order valence-corrected chi connectivity index (χ0v) is 21.8. The molecule has 1 saturated heterocycles. The van der Waals surface area contributed by atoms with Crippen molar-refractivity contribution in [1.82, 2.24) is 24.5 Å². The number of thiophene rings is 1. The number of aromatic nitrogens is 4. The first kappa shape index (κ1) is 23.5. The third-order valence-electron chi connectivity index (χ3n) is 6.57. The number of hydrogen-bond acceptors (Lipinski definition) is 8. The molecule has 1 fully saturated rings. The quantitative estimate of drug-likeness (QED) is 0.325. The van der Waals surface area contributed by atoms with Crippen molar-refractivity contribution in [3.63, 3.8) is 0 Å². The molecule has 4 heterocycles. The topological polar surface area (TPSA) is 85.1 Å². The van der Waals surface area contributed by atoms with Crippen molar-refractivity contribution < 1.29 is 14.3 Å². The average Bonchev–Trinajstić information content (AvgIpc) is 3.56. The number of rotatable bonds is 5. The molecule has 11 heteroatoms. The number of benzene rings is 2. The Morgan fingerprint density at radius 1 is 1.00 bits per heavy atom. The fourth-order valence-electron chi connectivity index (χ4n) is 4.70. The Bertz CT molecular complexity index is 1630. The summed E-state index contributed by atoms with van der Waals surface area (Å²) >= 11 is 8.03. The summed E-state index contributed by atoms with van der Waals surface area (Å²) in [6, 6.07) is 13.6. The van der Waals surface area contributed by atoms with E-state index in [-0.39, 0.29) is 5.91 Å². The molecule has 0 aliphatic carbocycles. The predicted molar refractivity (Wildman–Crippen MR) is 144 cm³/mol. The highest BCUT2D eigenvalue weighted by Crippen LogP contribution is 2.38. The first-order chi connectivity index (χ1) is 18.1. The van der Waals surface area contributed by atoms with Gasteiger partial charge >= 0.3 is 0 Å². The highest BCUT2D eigenvalue weighted by Gasteiger charge is 2.28. The minimum atomic E-state index is -0.0356. The van der Waals surface area contributed by atoms with E-state index in [2.05, 4.69) is 20.0 Å². The molecule has 2 aromatic carbocycles. The second-order valence-electron chi connectivity index (χ2n) is 8.56. The van der Waals surface area contributed by atoms with Gasteiger partial charge in [0.25, 0.3) is 11.7 Å². The maximum absolute atomic E-state index is 13.4. The SMILES string of the molecule is COc1ccc(-c2cnc3ncnn3c2N2CCN(C(=O)c3sc4ccccc4c3Cl)CC2)cc1OC. The van der Waals surface area contributed by atoms with Gasteiger partial charge in [0, 0.05) is 48.0 Å². The van der Waals surface area contributed by atoms with Crippen LogP contribution in [0.3, 0.4) is 0 Å². The number of halogens is 1. The van der Waals surface area contributed by atoms with Gasteiger partial charge in [-0.1, -0.05) is 35.9 Å². The molecular formula is C26H23ClN6O3S. The van der Waals surface area contributed by atoms with Crippen LogP contribution in [0.15, 0.2) is 55.0 Å². The number of fused-ring (bicyclic) bond motifs is 2. The van der Waals surface area contributed by atoms with Crippen LogP contribution >= 0.6 is 22.9 Å². The van der Waals surface area contributed by atoms with Crippen molar-refractivity contribution >= 4 is 50.5 Å². The van der Waals surface area contributed by atoms with Crippen LogP contribution in [0.1, 0.15) is 9.67 Å². The normalized spacial score (nSPS) is 13.9. The maximum atomic E-state index is 13.4. The van der Waals surface area contributed by atoms with Crippen LogP contribution in [-0.2, 0) is 0 Å². The highest BCUT2D eigenvalue weighted by molar-refractivity contribution is 7.21. The lowest BCUT2D eigenvalue weighted by molar-refractivity contribution is 0.0751. The largest absolute Gasteiger partial charge is 0.493 e. The lowest BCUT2D eigenvalue weighted by Crippen LogP contribution is -2.49. The first-order valence-corrected chi connectivity index (χ1v) is 12.9. The van der Waals surface area contributed by atoms with E-state index in [1.807, 2.05) is 47.4 Å². The van der Waals surface area contributed by atoms with E-state index in [4.69, 9.17) is 21.1 Å². The van der Waals surface area contributed by atoms with Gasteiger partial charge in [0.1, 0.15) is 17.0 Å². The molecule has 6 rings (SSSR count). The zero-order chi connectivity index (χ0) is 25.5. The second-order valence-corrected chi connectivity index (χ2v) is 9.99. The van der Waals surface area contributed by atoms with Gasteiger partial charge in [-0.2, -0.15) is 14.6 Å². The van der Waals surface area contributed by atoms with Crippen LogP contribution in [-0.4, -0.2) is 70.8 Å². The van der Waals surface area contributed by atoms with Gasteiger partial charge in [0.15, 0.2) is 11.5 Å². The summed E-state index contributed by atoms with van der Waals surface area (Å²) in [5, 5.41) is 5.89. The van der Waals surface area contributed by atoms with E-state index < -0.39 is 0 Å². The van der Waals surface area contributed by atoms with Crippen LogP contribution < -0.4 is 14.4 Å². The molecule has 0 N–H and O–H groups in total. The van der Waals surface area contributed by atoms with Gasteiger partial charge in [0.05, 0.1) is 19.2 Å². The highest BCUT2D eigenvalue weighted by atomic mass is 35.5. The molecule has 3 aromatic heterocycles. The zero-order valence-electron chi connectivity index (χ0n) is 20.2. The summed E-state index contributed by atoms with van der Waals surface area (Å²) in [6.07, 6.45) is 3.29. The van der Waals surface area contributed by atoms with Crippen LogP contribution in [0.2, 0.25) is 5.02 Å².